The van der Waals surface area contributed by atoms with Gasteiger partial charge < -0.3 is 10.5 Å². The number of hydrogen-bond acceptors (Lipinski definition) is 4. The molecule has 0 spiro atoms. The number of carbonyl (C=O) groups excluding carboxylic acids is 2. The molecule has 0 aromatic carbocycles. The van der Waals surface area contributed by atoms with Gasteiger partial charge in [0.2, 0.25) is 0 Å². The smallest absolute Gasteiger partial charge is 0.417 e. The lowest BCUT2D eigenvalue weighted by atomic mass is 10.3. The summed E-state index contributed by atoms with van der Waals surface area (Å²) in [5.41, 5.74) is 5.12. The highest BCUT2D eigenvalue weighted by atomic mass is 16.6. The molecule has 2 N–H and O–H groups in total. The Morgan fingerprint density at radius 2 is 2.30 bits per heavy atom. The summed E-state index contributed by atoms with van der Waals surface area (Å²) in [7, 11) is 1.36. The summed E-state index contributed by atoms with van der Waals surface area (Å²) in [4.78, 5) is 22.3. The second kappa shape index (κ2) is 2.26. The molecule has 1 unspecified atom stereocenters. The molecule has 1 saturated heterocycles. The van der Waals surface area contributed by atoms with Crippen LogP contribution in [-0.4, -0.2) is 36.6 Å². The molecule has 1 heterocycles. The molecule has 0 bridgehead atoms. The molecule has 1 fully saturated rings. The fourth-order valence-corrected chi connectivity index (χ4v) is 0.706. The zero-order valence-corrected chi connectivity index (χ0v) is 5.53. The lowest BCUT2D eigenvalue weighted by Gasteiger charge is -1.99. The Kier molecular flexibility index (Phi) is 1.58. The average Bonchev–Trinajstić information content (AvgIpc) is 2.17. The number of carbonyl (C=O) groups is 2. The van der Waals surface area contributed by atoms with Crippen LogP contribution in [0.1, 0.15) is 0 Å². The minimum Gasteiger partial charge on any atom is -0.434 e. The molecule has 56 valence electrons. The summed E-state index contributed by atoms with van der Waals surface area (Å²) in [5.74, 6) is -0.368. The van der Waals surface area contributed by atoms with Crippen molar-refractivity contribution in [1.82, 2.24) is 4.90 Å². The maximum Gasteiger partial charge on any atom is 0.417 e. The molecular formula is C5H8N2O3. The molecule has 5 heteroatoms. The van der Waals surface area contributed by atoms with Gasteiger partial charge in [0.25, 0.3) is 5.91 Å². The van der Waals surface area contributed by atoms with Gasteiger partial charge in [-0.25, -0.2) is 9.69 Å². The van der Waals surface area contributed by atoms with Crippen molar-refractivity contribution in [1.29, 1.82) is 0 Å². The van der Waals surface area contributed by atoms with E-state index in [0.717, 1.165) is 4.90 Å². The molecule has 0 saturated carbocycles. The lowest BCUT2D eigenvalue weighted by molar-refractivity contribution is -0.128. The predicted molar refractivity (Wildman–Crippen MR) is 32.1 cm³/mol. The Hall–Kier alpha value is -1.10. The van der Waals surface area contributed by atoms with Gasteiger partial charge in [0.1, 0.15) is 0 Å². The van der Waals surface area contributed by atoms with Crippen molar-refractivity contribution in [2.24, 2.45) is 5.73 Å². The van der Waals surface area contributed by atoms with Gasteiger partial charge in [-0.3, -0.25) is 4.79 Å². The number of nitrogens with two attached hydrogens (primary N) is 1. The summed E-state index contributed by atoms with van der Waals surface area (Å²) in [6, 6.07) is 0. The largest absolute Gasteiger partial charge is 0.434 e. The van der Waals surface area contributed by atoms with Crippen LogP contribution in [0.3, 0.4) is 0 Å². The van der Waals surface area contributed by atoms with Crippen LogP contribution in [0.25, 0.3) is 0 Å². The maximum absolute atomic E-state index is 10.8. The Balaban J connectivity index is 2.71. The lowest BCUT2D eigenvalue weighted by Crippen LogP contribution is -2.31. The van der Waals surface area contributed by atoms with Crippen molar-refractivity contribution >= 4 is 12.0 Å². The molecule has 2 amide bonds. The molecule has 10 heavy (non-hydrogen) atoms. The fraction of sp³-hybridized carbons (Fsp3) is 0.600. The topological polar surface area (TPSA) is 72.6 Å². The summed E-state index contributed by atoms with van der Waals surface area (Å²) < 4.78 is 4.55. The molecular weight excluding hydrogens is 136 g/mol. The number of rotatable bonds is 1. The Labute approximate surface area is 57.7 Å². The van der Waals surface area contributed by atoms with Gasteiger partial charge in [0.05, 0.1) is 0 Å². The summed E-state index contributed by atoms with van der Waals surface area (Å²) in [6.45, 7) is 0.0505. The van der Waals surface area contributed by atoms with Gasteiger partial charge in [-0.1, -0.05) is 0 Å². The van der Waals surface area contributed by atoms with E-state index < -0.39 is 12.2 Å². The maximum atomic E-state index is 10.8. The van der Waals surface area contributed by atoms with Crippen molar-refractivity contribution < 1.29 is 14.3 Å². The highest BCUT2D eigenvalue weighted by Gasteiger charge is 2.36. The number of likely N-dealkylation sites (N-methyl/N-ethyl adjacent to an activating group) is 1. The van der Waals surface area contributed by atoms with Crippen LogP contribution in [0, 0.1) is 0 Å². The third-order valence-electron chi connectivity index (χ3n) is 1.34. The quantitative estimate of drug-likeness (QED) is 0.508. The molecule has 1 rings (SSSR count). The minimum absolute atomic E-state index is 0.0505. The van der Waals surface area contributed by atoms with Crippen LogP contribution in [0.5, 0.6) is 0 Å². The third kappa shape index (κ3) is 0.841. The van der Waals surface area contributed by atoms with Crippen LogP contribution >= 0.6 is 0 Å². The summed E-state index contributed by atoms with van der Waals surface area (Å²) in [5, 5.41) is 0. The van der Waals surface area contributed by atoms with E-state index in [2.05, 4.69) is 4.74 Å². The summed E-state index contributed by atoms with van der Waals surface area (Å²) in [6.07, 6.45) is -1.39. The van der Waals surface area contributed by atoms with E-state index in [4.69, 9.17) is 5.73 Å². The number of amides is 2. The monoisotopic (exact) mass is 144 g/mol. The molecule has 5 nitrogen and oxygen atoms in total. The molecule has 0 aliphatic carbocycles. The van der Waals surface area contributed by atoms with E-state index in [0.29, 0.717) is 0 Å². The zero-order chi connectivity index (χ0) is 7.72. The van der Waals surface area contributed by atoms with Crippen molar-refractivity contribution in [3.63, 3.8) is 0 Å². The SMILES string of the molecule is CN1C(=O)OC(CN)C1=O. The van der Waals surface area contributed by atoms with Crippen LogP contribution in [0.4, 0.5) is 4.79 Å². The van der Waals surface area contributed by atoms with Crippen molar-refractivity contribution in [3.05, 3.63) is 0 Å². The van der Waals surface area contributed by atoms with Gasteiger partial charge >= 0.3 is 6.09 Å². The Morgan fingerprint density at radius 1 is 1.70 bits per heavy atom. The van der Waals surface area contributed by atoms with Crippen molar-refractivity contribution in [3.8, 4) is 0 Å². The van der Waals surface area contributed by atoms with Crippen molar-refractivity contribution in [2.45, 2.75) is 6.10 Å². The molecule has 1 atom stereocenters. The van der Waals surface area contributed by atoms with Crippen LogP contribution < -0.4 is 5.73 Å². The average molecular weight is 144 g/mol. The van der Waals surface area contributed by atoms with Gasteiger partial charge in [-0.2, -0.15) is 0 Å². The number of hydrogen-bond donors (Lipinski definition) is 1. The first kappa shape index (κ1) is 7.01. The van der Waals surface area contributed by atoms with E-state index in [1.165, 1.54) is 7.05 Å². The Morgan fingerprint density at radius 3 is 2.50 bits per heavy atom. The first-order chi connectivity index (χ1) is 4.66. The molecule has 1 aliphatic heterocycles. The molecule has 0 radical (unpaired) electrons. The van der Waals surface area contributed by atoms with E-state index in [1.807, 2.05) is 0 Å². The second-order valence-corrected chi connectivity index (χ2v) is 2.01. The highest BCUT2D eigenvalue weighted by Crippen LogP contribution is 2.08. The van der Waals surface area contributed by atoms with E-state index in [9.17, 15) is 9.59 Å². The number of nitrogens with zero attached hydrogens (tertiary/aromatic N) is 1. The molecule has 0 aromatic heterocycles. The van der Waals surface area contributed by atoms with Crippen LogP contribution in [0.2, 0.25) is 0 Å². The van der Waals surface area contributed by atoms with Gasteiger partial charge in [-0.05, 0) is 0 Å². The summed E-state index contributed by atoms with van der Waals surface area (Å²) >= 11 is 0. The molecule has 0 aromatic rings. The van der Waals surface area contributed by atoms with Gasteiger partial charge in [0.15, 0.2) is 6.10 Å². The van der Waals surface area contributed by atoms with E-state index in [-0.39, 0.29) is 12.5 Å². The second-order valence-electron chi connectivity index (χ2n) is 2.01. The van der Waals surface area contributed by atoms with E-state index in [1.54, 1.807) is 0 Å². The minimum atomic E-state index is -0.766. The van der Waals surface area contributed by atoms with Gasteiger partial charge in [-0.15, -0.1) is 0 Å². The first-order valence-corrected chi connectivity index (χ1v) is 2.85. The fourth-order valence-electron chi connectivity index (χ4n) is 0.706. The highest BCUT2D eigenvalue weighted by molar-refractivity contribution is 5.99. The van der Waals surface area contributed by atoms with Gasteiger partial charge in [0, 0.05) is 13.6 Å². The van der Waals surface area contributed by atoms with Crippen LogP contribution in [0.15, 0.2) is 0 Å². The first-order valence-electron chi connectivity index (χ1n) is 2.85. The number of cyclic esters (lactones) is 1. The standard InChI is InChI=1S/C5H8N2O3/c1-7-4(8)3(2-6)10-5(7)9/h3H,2,6H2,1H3. The van der Waals surface area contributed by atoms with Crippen molar-refractivity contribution in [2.75, 3.05) is 13.6 Å². The zero-order valence-electron chi connectivity index (χ0n) is 5.53. The van der Waals surface area contributed by atoms with Crippen LogP contribution in [-0.2, 0) is 9.53 Å². The third-order valence-corrected chi connectivity index (χ3v) is 1.34. The molecule has 1 aliphatic rings. The normalized spacial score (nSPS) is 25.4. The van der Waals surface area contributed by atoms with E-state index >= 15 is 0 Å². The Bertz CT molecular complexity index is 180. The number of ether oxygens (including phenoxy) is 1. The predicted octanol–water partition coefficient (Wildman–Crippen LogP) is -1.08. The number of imide groups is 1.